The van der Waals surface area contributed by atoms with E-state index in [0.717, 1.165) is 63.9 Å². The van der Waals surface area contributed by atoms with E-state index in [0.29, 0.717) is 6.42 Å². The largest absolute Gasteiger partial charge is 0.504 e. The first-order valence-corrected chi connectivity index (χ1v) is 10.3. The molecule has 0 saturated heterocycles. The Morgan fingerprint density at radius 2 is 1.50 bits per heavy atom. The molecule has 1 aliphatic carbocycles. The van der Waals surface area contributed by atoms with Gasteiger partial charge < -0.3 is 9.84 Å². The molecule has 0 unspecified atom stereocenters. The second-order valence-electron chi connectivity index (χ2n) is 6.83. The lowest BCUT2D eigenvalue weighted by Crippen LogP contribution is -2.20. The number of ether oxygens (including phenoxy) is 1. The van der Waals surface area contributed by atoms with Gasteiger partial charge in [0.05, 0.1) is 7.11 Å². The maximum atomic E-state index is 12.1. The Kier molecular flexibility index (Phi) is 12.4. The zero-order valence-electron chi connectivity index (χ0n) is 17.3. The topological polar surface area (TPSA) is 63.6 Å². The molecule has 0 fully saturated rings. The van der Waals surface area contributed by atoms with Crippen LogP contribution in [-0.2, 0) is 14.3 Å². The number of rotatable bonds is 14. The Morgan fingerprint density at radius 1 is 0.893 bits per heavy atom. The zero-order chi connectivity index (χ0) is 20.6. The second kappa shape index (κ2) is 14.7. The zero-order valence-corrected chi connectivity index (χ0v) is 17.3. The molecule has 1 aliphatic rings. The summed E-state index contributed by atoms with van der Waals surface area (Å²) in [5.74, 6) is -1.34. The third-order valence-corrected chi connectivity index (χ3v) is 4.58. The van der Waals surface area contributed by atoms with Gasteiger partial charge in [-0.3, -0.25) is 9.59 Å². The summed E-state index contributed by atoms with van der Waals surface area (Å²) in [6.07, 6.45) is 24.0. The third-order valence-electron chi connectivity index (χ3n) is 4.58. The molecule has 0 aromatic carbocycles. The van der Waals surface area contributed by atoms with Crippen LogP contribution in [0, 0.1) is 0 Å². The highest BCUT2D eigenvalue weighted by atomic mass is 16.5. The first-order chi connectivity index (χ1) is 13.6. The highest BCUT2D eigenvalue weighted by Crippen LogP contribution is 2.23. The molecule has 0 spiro atoms. The second-order valence-corrected chi connectivity index (χ2v) is 6.83. The van der Waals surface area contributed by atoms with Crippen LogP contribution in [0.1, 0.15) is 71.1 Å². The molecule has 0 heterocycles. The van der Waals surface area contributed by atoms with Gasteiger partial charge in [-0.1, -0.05) is 62.6 Å². The van der Waals surface area contributed by atoms with Crippen LogP contribution in [0.15, 0.2) is 59.6 Å². The van der Waals surface area contributed by atoms with E-state index >= 15 is 0 Å². The van der Waals surface area contributed by atoms with Crippen molar-refractivity contribution in [3.8, 4) is 0 Å². The number of hydrogen-bond donors (Lipinski definition) is 1. The lowest BCUT2D eigenvalue weighted by atomic mass is 9.94. The maximum absolute atomic E-state index is 12.1. The minimum Gasteiger partial charge on any atom is -0.504 e. The number of allylic oxidation sites excluding steroid dienone is 8. The van der Waals surface area contributed by atoms with Crippen molar-refractivity contribution in [1.82, 2.24) is 0 Å². The minimum atomic E-state index is -0.550. The summed E-state index contributed by atoms with van der Waals surface area (Å²) < 4.78 is 4.91. The molecule has 0 aliphatic heterocycles. The van der Waals surface area contributed by atoms with Crippen molar-refractivity contribution in [3.05, 3.63) is 59.6 Å². The van der Waals surface area contributed by atoms with Crippen LogP contribution >= 0.6 is 0 Å². The van der Waals surface area contributed by atoms with Gasteiger partial charge in [-0.05, 0) is 44.9 Å². The van der Waals surface area contributed by atoms with Gasteiger partial charge in [-0.2, -0.15) is 0 Å². The lowest BCUT2D eigenvalue weighted by Gasteiger charge is -2.14. The fourth-order valence-corrected chi connectivity index (χ4v) is 2.96. The van der Waals surface area contributed by atoms with Crippen LogP contribution in [0.5, 0.6) is 0 Å². The van der Waals surface area contributed by atoms with E-state index in [1.807, 2.05) is 0 Å². The van der Waals surface area contributed by atoms with Gasteiger partial charge in [0, 0.05) is 11.6 Å². The summed E-state index contributed by atoms with van der Waals surface area (Å²) in [5, 5.41) is 9.83. The number of ketones is 2. The van der Waals surface area contributed by atoms with Crippen LogP contribution < -0.4 is 0 Å². The number of Topliss-reactive ketones (excluding diaryl/α,β-unsaturated/α-hetero) is 1. The highest BCUT2D eigenvalue weighted by Gasteiger charge is 2.28. The molecule has 0 aromatic heterocycles. The fraction of sp³-hybridized carbons (Fsp3) is 0.500. The molecule has 28 heavy (non-hydrogen) atoms. The van der Waals surface area contributed by atoms with Crippen LogP contribution in [-0.4, -0.2) is 23.8 Å². The summed E-state index contributed by atoms with van der Waals surface area (Å²) in [4.78, 5) is 23.8. The van der Waals surface area contributed by atoms with Gasteiger partial charge in [0.1, 0.15) is 0 Å². The smallest absolute Gasteiger partial charge is 0.227 e. The molecule has 4 heteroatoms. The molecule has 4 nitrogen and oxygen atoms in total. The standard InChI is InChI=1S/C24H34O4/c1-3-4-5-6-7-8-9-10-11-12-13-14-15-16-17-18-20-23(26)21(25)19-22(28-2)24(20)27/h4-5,7-8,10-11,19,26H,3,6,9,12-18H2,1-2H3/b5-4+,8-7+,11-10+. The molecular formula is C24H34O4. The molecule has 0 radical (unpaired) electrons. The monoisotopic (exact) mass is 386 g/mol. The summed E-state index contributed by atoms with van der Waals surface area (Å²) >= 11 is 0. The van der Waals surface area contributed by atoms with Crippen molar-refractivity contribution in [2.45, 2.75) is 71.1 Å². The number of aliphatic hydroxyl groups is 1. The molecule has 0 aromatic rings. The van der Waals surface area contributed by atoms with Gasteiger partial charge in [0.2, 0.25) is 11.6 Å². The fourth-order valence-electron chi connectivity index (χ4n) is 2.96. The van der Waals surface area contributed by atoms with E-state index in [1.54, 1.807) is 0 Å². The van der Waals surface area contributed by atoms with Crippen molar-refractivity contribution >= 4 is 11.6 Å². The first-order valence-electron chi connectivity index (χ1n) is 10.3. The van der Waals surface area contributed by atoms with Gasteiger partial charge in [-0.15, -0.1) is 0 Å². The van der Waals surface area contributed by atoms with E-state index in [9.17, 15) is 14.7 Å². The van der Waals surface area contributed by atoms with E-state index in [-0.39, 0.29) is 17.1 Å². The van der Waals surface area contributed by atoms with E-state index < -0.39 is 11.5 Å². The Labute approximate surface area is 169 Å². The van der Waals surface area contributed by atoms with Crippen molar-refractivity contribution < 1.29 is 19.4 Å². The van der Waals surface area contributed by atoms with Crippen LogP contribution in [0.2, 0.25) is 0 Å². The van der Waals surface area contributed by atoms with E-state index in [4.69, 9.17) is 4.74 Å². The number of unbranched alkanes of at least 4 members (excludes halogenated alkanes) is 5. The predicted molar refractivity (Wildman–Crippen MR) is 114 cm³/mol. The summed E-state index contributed by atoms with van der Waals surface area (Å²) in [5.41, 5.74) is 0.186. The quantitative estimate of drug-likeness (QED) is 0.223. The average Bonchev–Trinajstić information content (AvgIpc) is 2.69. The summed E-state index contributed by atoms with van der Waals surface area (Å²) in [7, 11) is 1.35. The van der Waals surface area contributed by atoms with Crippen molar-refractivity contribution in [3.63, 3.8) is 0 Å². The number of methoxy groups -OCH3 is 1. The first kappa shape index (κ1) is 23.7. The molecule has 1 rings (SSSR count). The number of hydrogen-bond acceptors (Lipinski definition) is 4. The SMILES string of the molecule is CC/C=C/C/C=C/C/C=C/CCCCCCCC1=C(O)C(=O)C=C(OC)C1=O. The van der Waals surface area contributed by atoms with Crippen LogP contribution in [0.4, 0.5) is 0 Å². The minimum absolute atomic E-state index is 0.0110. The van der Waals surface area contributed by atoms with Crippen molar-refractivity contribution in [1.29, 1.82) is 0 Å². The molecule has 0 amide bonds. The lowest BCUT2D eigenvalue weighted by molar-refractivity contribution is -0.119. The van der Waals surface area contributed by atoms with E-state index in [1.165, 1.54) is 7.11 Å². The van der Waals surface area contributed by atoms with Crippen LogP contribution in [0.3, 0.4) is 0 Å². The number of aliphatic hydroxyl groups excluding tert-OH is 1. The molecule has 154 valence electrons. The summed E-state index contributed by atoms with van der Waals surface area (Å²) in [6, 6.07) is 0. The molecule has 1 N–H and O–H groups in total. The normalized spacial score (nSPS) is 15.4. The Bertz CT molecular complexity index is 648. The van der Waals surface area contributed by atoms with Gasteiger partial charge >= 0.3 is 0 Å². The Balaban J connectivity index is 2.10. The molecular weight excluding hydrogens is 352 g/mol. The molecule has 0 bridgehead atoms. The van der Waals surface area contributed by atoms with Gasteiger partial charge in [-0.25, -0.2) is 0 Å². The van der Waals surface area contributed by atoms with Gasteiger partial charge in [0.15, 0.2) is 11.5 Å². The molecule has 0 atom stereocenters. The van der Waals surface area contributed by atoms with Crippen molar-refractivity contribution in [2.24, 2.45) is 0 Å². The predicted octanol–water partition coefficient (Wildman–Crippen LogP) is 6.07. The Morgan fingerprint density at radius 3 is 2.18 bits per heavy atom. The van der Waals surface area contributed by atoms with Gasteiger partial charge in [0.25, 0.3) is 0 Å². The maximum Gasteiger partial charge on any atom is 0.227 e. The molecule has 0 saturated carbocycles. The highest BCUT2D eigenvalue weighted by molar-refractivity contribution is 6.20. The average molecular weight is 387 g/mol. The summed E-state index contributed by atoms with van der Waals surface area (Å²) in [6.45, 7) is 2.14. The number of carbonyl (C=O) groups excluding carboxylic acids is 2. The Hall–Kier alpha value is -2.36. The number of carbonyl (C=O) groups is 2. The third kappa shape index (κ3) is 9.03. The van der Waals surface area contributed by atoms with E-state index in [2.05, 4.69) is 43.4 Å². The van der Waals surface area contributed by atoms with Crippen LogP contribution in [0.25, 0.3) is 0 Å². The van der Waals surface area contributed by atoms with Crippen molar-refractivity contribution in [2.75, 3.05) is 7.11 Å².